The molecule has 0 unspecified atom stereocenters. The van der Waals surface area contributed by atoms with Gasteiger partial charge in [0.2, 0.25) is 0 Å². The Morgan fingerprint density at radius 2 is 0.795 bits per heavy atom. The second-order valence-corrected chi connectivity index (χ2v) is 18.9. The quantitative estimate of drug-likeness (QED) is 0.144. The maximum atomic E-state index is 6.39. The first kappa shape index (κ1) is 42.2. The lowest BCUT2D eigenvalue weighted by Crippen LogP contribution is -2.10. The largest absolute Gasteiger partial charge is 0.456 e. The number of fused-ring (bicyclic) bond motifs is 7. The van der Waals surface area contributed by atoms with Gasteiger partial charge >= 0.3 is 0 Å². The summed E-state index contributed by atoms with van der Waals surface area (Å²) in [5.74, 6) is 0. The average Bonchev–Trinajstić information content (AvgIpc) is 4.02. The standard InChI is InChI=1S/C70H46N2O/c1-2-14-47(15-3-1)49-34-38-56(39-35-49)71(57-40-36-50(37-41-57)48-30-32-52(33-31-48)61-25-12-17-51-16-4-5-22-60(51)61)58-21-11-19-54(45-58)53-18-10-20-55(44-53)62-26-13-28-67-70(62)65-24-6-8-27-66(65)72(67)59-42-43-64-63-23-7-9-29-68(63)73-69(64)46-59/h1-46H. The topological polar surface area (TPSA) is 21.3 Å². The molecule has 12 aromatic carbocycles. The molecule has 2 heterocycles. The van der Waals surface area contributed by atoms with E-state index in [-0.39, 0.29) is 0 Å². The molecule has 14 aromatic rings. The van der Waals surface area contributed by atoms with E-state index in [0.717, 1.165) is 66.8 Å². The fraction of sp³-hybridized carbons (Fsp3) is 0. The van der Waals surface area contributed by atoms with Crippen molar-refractivity contribution < 1.29 is 4.42 Å². The van der Waals surface area contributed by atoms with Gasteiger partial charge in [0.05, 0.1) is 11.0 Å². The molecule has 0 N–H and O–H groups in total. The fourth-order valence-corrected chi connectivity index (χ4v) is 11.1. The van der Waals surface area contributed by atoms with Crippen molar-refractivity contribution in [3.63, 3.8) is 0 Å². The van der Waals surface area contributed by atoms with Gasteiger partial charge in [-0.1, -0.05) is 200 Å². The van der Waals surface area contributed by atoms with Gasteiger partial charge in [-0.2, -0.15) is 0 Å². The summed E-state index contributed by atoms with van der Waals surface area (Å²) in [6.07, 6.45) is 0. The molecule has 0 radical (unpaired) electrons. The number of hydrogen-bond acceptors (Lipinski definition) is 2. The van der Waals surface area contributed by atoms with E-state index in [9.17, 15) is 0 Å². The van der Waals surface area contributed by atoms with Crippen LogP contribution in [0.1, 0.15) is 0 Å². The summed E-state index contributed by atoms with van der Waals surface area (Å²) in [4.78, 5) is 2.37. The molecule has 3 nitrogen and oxygen atoms in total. The fourth-order valence-electron chi connectivity index (χ4n) is 11.1. The van der Waals surface area contributed by atoms with Gasteiger partial charge < -0.3 is 13.9 Å². The van der Waals surface area contributed by atoms with Crippen molar-refractivity contribution >= 4 is 71.6 Å². The summed E-state index contributed by atoms with van der Waals surface area (Å²) in [6.45, 7) is 0. The van der Waals surface area contributed by atoms with Gasteiger partial charge in [-0.05, 0) is 139 Å². The highest BCUT2D eigenvalue weighted by Crippen LogP contribution is 2.43. The Kier molecular flexibility index (Phi) is 10.2. The number of rotatable bonds is 9. The Balaban J connectivity index is 0.829. The van der Waals surface area contributed by atoms with Crippen LogP contribution in [0.15, 0.2) is 283 Å². The zero-order valence-corrected chi connectivity index (χ0v) is 39.9. The van der Waals surface area contributed by atoms with Gasteiger partial charge in [-0.25, -0.2) is 0 Å². The van der Waals surface area contributed by atoms with Gasteiger partial charge in [0, 0.05) is 50.4 Å². The van der Waals surface area contributed by atoms with E-state index >= 15 is 0 Å². The minimum absolute atomic E-state index is 0.884. The molecular formula is C70H46N2O. The highest BCUT2D eigenvalue weighted by atomic mass is 16.3. The monoisotopic (exact) mass is 930 g/mol. The van der Waals surface area contributed by atoms with Crippen LogP contribution < -0.4 is 4.90 Å². The molecule has 14 rings (SSSR count). The minimum atomic E-state index is 0.884. The van der Waals surface area contributed by atoms with Gasteiger partial charge in [-0.15, -0.1) is 0 Å². The second kappa shape index (κ2) is 17.6. The summed E-state index contributed by atoms with van der Waals surface area (Å²) in [5, 5.41) is 7.21. The van der Waals surface area contributed by atoms with E-state index in [1.165, 1.54) is 66.1 Å². The van der Waals surface area contributed by atoms with Crippen LogP contribution in [-0.2, 0) is 0 Å². The van der Waals surface area contributed by atoms with Crippen LogP contribution in [0.5, 0.6) is 0 Å². The molecule has 73 heavy (non-hydrogen) atoms. The molecule has 0 saturated carbocycles. The summed E-state index contributed by atoms with van der Waals surface area (Å²) in [6, 6.07) is 101. The van der Waals surface area contributed by atoms with Crippen molar-refractivity contribution in [2.75, 3.05) is 4.90 Å². The molecule has 2 aromatic heterocycles. The van der Waals surface area contributed by atoms with Crippen LogP contribution in [0, 0.1) is 0 Å². The molecule has 0 aliphatic heterocycles. The number of hydrogen-bond donors (Lipinski definition) is 0. The second-order valence-electron chi connectivity index (χ2n) is 18.9. The molecule has 0 saturated heterocycles. The normalized spacial score (nSPS) is 11.6. The number of furan rings is 1. The number of benzene rings is 12. The van der Waals surface area contributed by atoms with Gasteiger partial charge in [-0.3, -0.25) is 0 Å². The molecule has 0 amide bonds. The third kappa shape index (κ3) is 7.46. The van der Waals surface area contributed by atoms with Crippen LogP contribution in [0.3, 0.4) is 0 Å². The molecule has 0 aliphatic rings. The maximum Gasteiger partial charge on any atom is 0.137 e. The molecule has 0 atom stereocenters. The van der Waals surface area contributed by atoms with Crippen molar-refractivity contribution in [3.05, 3.63) is 279 Å². The average molecular weight is 931 g/mol. The molecule has 0 fully saturated rings. The molecular weight excluding hydrogens is 885 g/mol. The first-order chi connectivity index (χ1) is 36.2. The summed E-state index contributed by atoms with van der Waals surface area (Å²) in [5.41, 5.74) is 20.2. The molecule has 342 valence electrons. The van der Waals surface area contributed by atoms with Gasteiger partial charge in [0.15, 0.2) is 0 Å². The van der Waals surface area contributed by atoms with Crippen LogP contribution in [-0.4, -0.2) is 4.57 Å². The lowest BCUT2D eigenvalue weighted by Gasteiger charge is -2.26. The predicted octanol–water partition coefficient (Wildman–Crippen LogP) is 19.6. The molecule has 0 aliphatic carbocycles. The third-order valence-electron chi connectivity index (χ3n) is 14.6. The van der Waals surface area contributed by atoms with Gasteiger partial charge in [0.25, 0.3) is 0 Å². The minimum Gasteiger partial charge on any atom is -0.456 e. The van der Waals surface area contributed by atoms with E-state index < -0.39 is 0 Å². The Morgan fingerprint density at radius 1 is 0.274 bits per heavy atom. The van der Waals surface area contributed by atoms with Crippen LogP contribution in [0.4, 0.5) is 17.1 Å². The zero-order chi connectivity index (χ0) is 48.2. The number of anilines is 3. The smallest absolute Gasteiger partial charge is 0.137 e. The van der Waals surface area contributed by atoms with E-state index in [1.807, 2.05) is 12.1 Å². The van der Waals surface area contributed by atoms with E-state index in [0.29, 0.717) is 0 Å². The molecule has 0 bridgehead atoms. The van der Waals surface area contributed by atoms with Crippen molar-refractivity contribution in [2.45, 2.75) is 0 Å². The summed E-state index contributed by atoms with van der Waals surface area (Å²) in [7, 11) is 0. The Labute approximate surface area is 423 Å². The highest BCUT2D eigenvalue weighted by Gasteiger charge is 2.19. The van der Waals surface area contributed by atoms with Crippen LogP contribution in [0.25, 0.3) is 116 Å². The first-order valence-electron chi connectivity index (χ1n) is 25.0. The predicted molar refractivity (Wildman–Crippen MR) is 307 cm³/mol. The van der Waals surface area contributed by atoms with E-state index in [4.69, 9.17) is 4.42 Å². The summed E-state index contributed by atoms with van der Waals surface area (Å²) >= 11 is 0. The molecule has 0 spiro atoms. The Morgan fingerprint density at radius 3 is 1.58 bits per heavy atom. The van der Waals surface area contributed by atoms with Crippen molar-refractivity contribution in [3.8, 4) is 61.3 Å². The highest BCUT2D eigenvalue weighted by molar-refractivity contribution is 6.16. The summed E-state index contributed by atoms with van der Waals surface area (Å²) < 4.78 is 8.77. The van der Waals surface area contributed by atoms with Gasteiger partial charge in [0.1, 0.15) is 11.2 Å². The van der Waals surface area contributed by atoms with Crippen LogP contribution >= 0.6 is 0 Å². The van der Waals surface area contributed by atoms with Crippen LogP contribution in [0.2, 0.25) is 0 Å². The van der Waals surface area contributed by atoms with Crippen molar-refractivity contribution in [2.24, 2.45) is 0 Å². The van der Waals surface area contributed by atoms with Crippen molar-refractivity contribution in [1.82, 2.24) is 4.57 Å². The van der Waals surface area contributed by atoms with E-state index in [1.54, 1.807) is 0 Å². The Hall–Kier alpha value is -9.70. The Bertz CT molecular complexity index is 4350. The maximum absolute atomic E-state index is 6.39. The van der Waals surface area contributed by atoms with Crippen molar-refractivity contribution in [1.29, 1.82) is 0 Å². The first-order valence-corrected chi connectivity index (χ1v) is 25.0. The number of nitrogens with zero attached hydrogens (tertiary/aromatic N) is 2. The number of aromatic nitrogens is 1. The lowest BCUT2D eigenvalue weighted by molar-refractivity contribution is 0.668. The third-order valence-corrected chi connectivity index (χ3v) is 14.6. The SMILES string of the molecule is c1ccc(-c2ccc(N(c3ccc(-c4ccc(-c5cccc6ccccc56)cc4)cc3)c3cccc(-c4cccc(-c5cccc6c5c5ccccc5n6-c5ccc6c(c5)oc5ccccc56)c4)c3)cc2)cc1. The zero-order valence-electron chi connectivity index (χ0n) is 39.9. The number of para-hydroxylation sites is 2. The van der Waals surface area contributed by atoms with E-state index in [2.05, 4.69) is 276 Å². The lowest BCUT2D eigenvalue weighted by atomic mass is 9.95. The molecule has 3 heteroatoms.